The minimum absolute atomic E-state index is 0.0548. The lowest BCUT2D eigenvalue weighted by Crippen LogP contribution is -2.36. The van der Waals surface area contributed by atoms with E-state index in [-0.39, 0.29) is 17.4 Å². The van der Waals surface area contributed by atoms with Crippen molar-refractivity contribution < 1.29 is 24.2 Å². The van der Waals surface area contributed by atoms with E-state index >= 15 is 0 Å². The van der Waals surface area contributed by atoms with Gasteiger partial charge in [-0.1, -0.05) is 39.3 Å². The Labute approximate surface area is 149 Å². The SMILES string of the molecule is Cc1cccc(C(=O)OCC(=O)O[C@H]2C[C@H](C)CC[C@H]2C(C)C)c1O. The maximum Gasteiger partial charge on any atom is 0.344 e. The predicted molar refractivity (Wildman–Crippen MR) is 94.3 cm³/mol. The lowest BCUT2D eigenvalue weighted by Gasteiger charge is -2.36. The Bertz CT molecular complexity index is 623. The quantitative estimate of drug-likeness (QED) is 0.818. The molecule has 1 aliphatic rings. The summed E-state index contributed by atoms with van der Waals surface area (Å²) in [5.41, 5.74) is 0.632. The summed E-state index contributed by atoms with van der Waals surface area (Å²) in [6.07, 6.45) is 2.93. The maximum atomic E-state index is 12.1. The number of carbonyl (C=O) groups is 2. The molecule has 1 aliphatic carbocycles. The summed E-state index contributed by atoms with van der Waals surface area (Å²) < 4.78 is 10.6. The molecule has 0 spiro atoms. The number of phenols is 1. The lowest BCUT2D eigenvalue weighted by atomic mass is 9.75. The summed E-state index contributed by atoms with van der Waals surface area (Å²) in [4.78, 5) is 24.2. The van der Waals surface area contributed by atoms with E-state index in [0.717, 1.165) is 19.3 Å². The van der Waals surface area contributed by atoms with Crippen molar-refractivity contribution in [1.82, 2.24) is 0 Å². The fraction of sp³-hybridized carbons (Fsp3) is 0.600. The molecule has 138 valence electrons. The monoisotopic (exact) mass is 348 g/mol. The van der Waals surface area contributed by atoms with Crippen molar-refractivity contribution in [3.05, 3.63) is 29.3 Å². The van der Waals surface area contributed by atoms with E-state index in [1.807, 2.05) is 0 Å². The molecule has 0 unspecified atom stereocenters. The Morgan fingerprint density at radius 1 is 1.28 bits per heavy atom. The molecule has 1 aromatic carbocycles. The van der Waals surface area contributed by atoms with E-state index < -0.39 is 18.5 Å². The zero-order chi connectivity index (χ0) is 18.6. The van der Waals surface area contributed by atoms with Gasteiger partial charge in [-0.3, -0.25) is 0 Å². The van der Waals surface area contributed by atoms with Gasteiger partial charge in [0.05, 0.1) is 0 Å². The van der Waals surface area contributed by atoms with Gasteiger partial charge in [0.25, 0.3) is 0 Å². The number of esters is 2. The molecule has 5 heteroatoms. The van der Waals surface area contributed by atoms with E-state index in [1.165, 1.54) is 6.07 Å². The highest BCUT2D eigenvalue weighted by molar-refractivity contribution is 5.93. The number of aromatic hydroxyl groups is 1. The minimum Gasteiger partial charge on any atom is -0.507 e. The van der Waals surface area contributed by atoms with Gasteiger partial charge >= 0.3 is 11.9 Å². The van der Waals surface area contributed by atoms with Gasteiger partial charge in [0.2, 0.25) is 0 Å². The Hall–Kier alpha value is -2.04. The van der Waals surface area contributed by atoms with Crippen LogP contribution in [0.25, 0.3) is 0 Å². The second-order valence-corrected chi connectivity index (χ2v) is 7.40. The summed E-state index contributed by atoms with van der Waals surface area (Å²) in [6, 6.07) is 4.81. The third kappa shape index (κ3) is 4.97. The van der Waals surface area contributed by atoms with Crippen LogP contribution >= 0.6 is 0 Å². The van der Waals surface area contributed by atoms with Crippen LogP contribution in [0.2, 0.25) is 0 Å². The van der Waals surface area contributed by atoms with E-state index in [0.29, 0.717) is 23.3 Å². The standard InChI is InChI=1S/C20H28O5/c1-12(2)15-9-8-13(3)10-17(15)25-18(21)11-24-20(23)16-7-5-6-14(4)19(16)22/h5-7,12-13,15,17,22H,8-11H2,1-4H3/t13-,15+,17+/m1/s1. The number of para-hydroxylation sites is 1. The molecule has 0 aromatic heterocycles. The smallest absolute Gasteiger partial charge is 0.344 e. The fourth-order valence-corrected chi connectivity index (χ4v) is 3.48. The number of benzene rings is 1. The van der Waals surface area contributed by atoms with Crippen LogP contribution < -0.4 is 0 Å². The number of hydrogen-bond donors (Lipinski definition) is 1. The summed E-state index contributed by atoms with van der Waals surface area (Å²) in [7, 11) is 0. The number of aryl methyl sites for hydroxylation is 1. The van der Waals surface area contributed by atoms with Gasteiger partial charge < -0.3 is 14.6 Å². The molecule has 1 fully saturated rings. The van der Waals surface area contributed by atoms with Crippen LogP contribution in [-0.4, -0.2) is 29.8 Å². The Balaban J connectivity index is 1.91. The largest absolute Gasteiger partial charge is 0.507 e. The van der Waals surface area contributed by atoms with E-state index in [2.05, 4.69) is 20.8 Å². The van der Waals surface area contributed by atoms with Gasteiger partial charge in [-0.15, -0.1) is 0 Å². The molecule has 25 heavy (non-hydrogen) atoms. The predicted octanol–water partition coefficient (Wildman–Crippen LogP) is 3.86. The number of carbonyl (C=O) groups excluding carboxylic acids is 2. The first kappa shape index (κ1) is 19.3. The number of ether oxygens (including phenoxy) is 2. The first-order valence-electron chi connectivity index (χ1n) is 8.94. The Kier molecular flexibility index (Phi) is 6.45. The third-order valence-corrected chi connectivity index (χ3v) is 5.02. The zero-order valence-corrected chi connectivity index (χ0v) is 15.5. The molecule has 0 saturated heterocycles. The molecular formula is C20H28O5. The average molecular weight is 348 g/mol. The summed E-state index contributed by atoms with van der Waals surface area (Å²) in [6.45, 7) is 7.70. The van der Waals surface area contributed by atoms with Crippen molar-refractivity contribution in [3.63, 3.8) is 0 Å². The fourth-order valence-electron chi connectivity index (χ4n) is 3.48. The van der Waals surface area contributed by atoms with Gasteiger partial charge in [-0.05, 0) is 49.1 Å². The van der Waals surface area contributed by atoms with Crippen molar-refractivity contribution >= 4 is 11.9 Å². The first-order chi connectivity index (χ1) is 11.8. The number of rotatable bonds is 5. The van der Waals surface area contributed by atoms with Gasteiger partial charge in [-0.25, -0.2) is 9.59 Å². The highest BCUT2D eigenvalue weighted by atomic mass is 16.6. The van der Waals surface area contributed by atoms with E-state index in [9.17, 15) is 14.7 Å². The maximum absolute atomic E-state index is 12.1. The van der Waals surface area contributed by atoms with Gasteiger partial charge in [0.1, 0.15) is 17.4 Å². The summed E-state index contributed by atoms with van der Waals surface area (Å²) >= 11 is 0. The third-order valence-electron chi connectivity index (χ3n) is 5.02. The first-order valence-corrected chi connectivity index (χ1v) is 8.94. The van der Waals surface area contributed by atoms with Crippen molar-refractivity contribution in [2.24, 2.45) is 17.8 Å². The normalized spacial score (nSPS) is 23.3. The molecule has 0 heterocycles. The second-order valence-electron chi connectivity index (χ2n) is 7.40. The van der Waals surface area contributed by atoms with Crippen LogP contribution in [0.5, 0.6) is 5.75 Å². The molecule has 1 aromatic rings. The van der Waals surface area contributed by atoms with Crippen molar-refractivity contribution in [2.75, 3.05) is 6.61 Å². The minimum atomic E-state index is -0.726. The second kappa shape index (κ2) is 8.37. The van der Waals surface area contributed by atoms with Gasteiger partial charge in [0, 0.05) is 0 Å². The van der Waals surface area contributed by atoms with Crippen LogP contribution in [0.15, 0.2) is 18.2 Å². The van der Waals surface area contributed by atoms with Gasteiger partial charge in [0.15, 0.2) is 6.61 Å². The topological polar surface area (TPSA) is 72.8 Å². The molecule has 5 nitrogen and oxygen atoms in total. The molecule has 1 saturated carbocycles. The molecule has 1 N–H and O–H groups in total. The molecule has 0 radical (unpaired) electrons. The summed E-state index contributed by atoms with van der Waals surface area (Å²) in [5, 5.41) is 9.90. The molecule has 0 amide bonds. The highest BCUT2D eigenvalue weighted by Gasteiger charge is 2.33. The molecular weight excluding hydrogens is 320 g/mol. The van der Waals surface area contributed by atoms with Crippen molar-refractivity contribution in [2.45, 2.75) is 53.1 Å². The van der Waals surface area contributed by atoms with Crippen molar-refractivity contribution in [3.8, 4) is 5.75 Å². The van der Waals surface area contributed by atoms with Crippen LogP contribution in [0.4, 0.5) is 0 Å². The van der Waals surface area contributed by atoms with Crippen LogP contribution in [-0.2, 0) is 14.3 Å². The van der Waals surface area contributed by atoms with Crippen LogP contribution in [0.1, 0.15) is 56.0 Å². The Morgan fingerprint density at radius 2 is 2.00 bits per heavy atom. The molecule has 3 atom stereocenters. The summed E-state index contributed by atoms with van der Waals surface area (Å²) in [5.74, 6) is -0.0731. The molecule has 2 rings (SSSR count). The Morgan fingerprint density at radius 3 is 2.68 bits per heavy atom. The van der Waals surface area contributed by atoms with Crippen LogP contribution in [0.3, 0.4) is 0 Å². The average Bonchev–Trinajstić information content (AvgIpc) is 2.55. The molecule has 0 aliphatic heterocycles. The van der Waals surface area contributed by atoms with Gasteiger partial charge in [-0.2, -0.15) is 0 Å². The van der Waals surface area contributed by atoms with E-state index in [4.69, 9.17) is 9.47 Å². The number of phenolic OH excluding ortho intramolecular Hbond substituents is 1. The zero-order valence-electron chi connectivity index (χ0n) is 15.5. The highest BCUT2D eigenvalue weighted by Crippen LogP contribution is 2.35. The van der Waals surface area contributed by atoms with E-state index in [1.54, 1.807) is 19.1 Å². The lowest BCUT2D eigenvalue weighted by molar-refractivity contribution is -0.159. The van der Waals surface area contributed by atoms with Crippen LogP contribution in [0, 0.1) is 24.7 Å². The van der Waals surface area contributed by atoms with Crippen molar-refractivity contribution in [1.29, 1.82) is 0 Å². The number of hydrogen-bond acceptors (Lipinski definition) is 5. The molecule has 0 bridgehead atoms.